The van der Waals surface area contributed by atoms with Crippen molar-refractivity contribution in [2.45, 2.75) is 41.4 Å². The van der Waals surface area contributed by atoms with Gasteiger partial charge >= 0.3 is 0 Å². The molecule has 28 heavy (non-hydrogen) atoms. The maximum absolute atomic E-state index is 13.3. The van der Waals surface area contributed by atoms with Crippen molar-refractivity contribution in [2.75, 3.05) is 6.54 Å². The monoisotopic (exact) mass is 441 g/mol. The summed E-state index contributed by atoms with van der Waals surface area (Å²) in [5.41, 5.74) is 0.589. The maximum atomic E-state index is 13.3. The average Bonchev–Trinajstić information content (AvgIpc) is 3.18. The van der Waals surface area contributed by atoms with Crippen molar-refractivity contribution in [2.24, 2.45) is 0 Å². The van der Waals surface area contributed by atoms with E-state index in [1.54, 1.807) is 24.3 Å². The molecule has 0 aromatic heterocycles. The lowest BCUT2D eigenvalue weighted by Crippen LogP contribution is -2.51. The minimum Gasteiger partial charge on any atom is -0.387 e. The predicted octanol–water partition coefficient (Wildman–Crippen LogP) is 3.93. The molecule has 1 fully saturated rings. The van der Waals surface area contributed by atoms with Crippen LogP contribution in [0.2, 0.25) is 10.0 Å². The Morgan fingerprint density at radius 2 is 1.50 bits per heavy atom. The van der Waals surface area contributed by atoms with Gasteiger partial charge in [-0.15, -0.1) is 0 Å². The van der Waals surface area contributed by atoms with Crippen molar-refractivity contribution in [3.8, 4) is 0 Å². The van der Waals surface area contributed by atoms with Crippen LogP contribution in [0.1, 0.15) is 37.4 Å². The molecule has 0 bridgehead atoms. The number of sulfone groups is 1. The van der Waals surface area contributed by atoms with Gasteiger partial charge in [-0.2, -0.15) is 0 Å². The Balaban J connectivity index is 1.80. The zero-order chi connectivity index (χ0) is 20.4. The van der Waals surface area contributed by atoms with Crippen LogP contribution in [0.15, 0.2) is 53.4 Å². The molecule has 0 radical (unpaired) electrons. The number of hydrogen-bond acceptors (Lipinski definition) is 4. The van der Waals surface area contributed by atoms with Gasteiger partial charge < -0.3 is 10.4 Å². The highest BCUT2D eigenvalue weighted by Crippen LogP contribution is 2.41. The van der Waals surface area contributed by atoms with Gasteiger partial charge in [-0.1, -0.05) is 48.2 Å². The second kappa shape index (κ2) is 8.41. The van der Waals surface area contributed by atoms with Crippen LogP contribution in [0, 0.1) is 0 Å². The Morgan fingerprint density at radius 1 is 1.00 bits per heavy atom. The van der Waals surface area contributed by atoms with Crippen LogP contribution >= 0.6 is 23.2 Å². The molecule has 3 rings (SSSR count). The first-order valence-electron chi connectivity index (χ1n) is 8.98. The number of benzene rings is 2. The van der Waals surface area contributed by atoms with E-state index in [1.807, 2.05) is 0 Å². The number of carbonyl (C=O) groups is 1. The van der Waals surface area contributed by atoms with Gasteiger partial charge in [0.15, 0.2) is 14.6 Å². The van der Waals surface area contributed by atoms with E-state index in [0.29, 0.717) is 28.5 Å². The Labute approximate surface area is 174 Å². The molecule has 2 N–H and O–H groups in total. The summed E-state index contributed by atoms with van der Waals surface area (Å²) in [6.07, 6.45) is 0.847. The number of nitrogens with one attached hydrogen (secondary N) is 1. The van der Waals surface area contributed by atoms with E-state index in [9.17, 15) is 18.3 Å². The van der Waals surface area contributed by atoms with Gasteiger partial charge in [-0.05, 0) is 54.8 Å². The van der Waals surface area contributed by atoms with Crippen molar-refractivity contribution in [1.29, 1.82) is 0 Å². The largest absolute Gasteiger partial charge is 0.387 e. The van der Waals surface area contributed by atoms with Gasteiger partial charge in [0.05, 0.1) is 11.0 Å². The van der Waals surface area contributed by atoms with Crippen molar-refractivity contribution in [3.05, 3.63) is 64.1 Å². The minimum atomic E-state index is -3.90. The van der Waals surface area contributed by atoms with E-state index in [0.717, 1.165) is 0 Å². The molecule has 0 saturated heterocycles. The summed E-state index contributed by atoms with van der Waals surface area (Å²) in [6, 6.07) is 12.5. The summed E-state index contributed by atoms with van der Waals surface area (Å²) in [5.74, 6) is -0.576. The van der Waals surface area contributed by atoms with E-state index < -0.39 is 26.6 Å². The average molecular weight is 442 g/mol. The standard InChI is InChI=1S/C20H21Cl2NO4S/c21-15-5-3-14(4-6-15)18(24)13-23-19(25)20(11-1-2-12-20)28(26,27)17-9-7-16(22)8-10-17/h3-10,18,24H,1-2,11-13H2,(H,23,25). The number of rotatable bonds is 6. The fourth-order valence-corrected chi connectivity index (χ4v) is 5.90. The number of aliphatic hydroxyl groups is 1. The zero-order valence-electron chi connectivity index (χ0n) is 15.1. The topological polar surface area (TPSA) is 83.5 Å². The van der Waals surface area contributed by atoms with Crippen molar-refractivity contribution >= 4 is 38.9 Å². The maximum Gasteiger partial charge on any atom is 0.241 e. The van der Waals surface area contributed by atoms with Crippen LogP contribution in [0.25, 0.3) is 0 Å². The molecule has 0 aliphatic heterocycles. The molecule has 2 aromatic rings. The number of amides is 1. The van der Waals surface area contributed by atoms with Crippen molar-refractivity contribution in [1.82, 2.24) is 5.32 Å². The fourth-order valence-electron chi connectivity index (χ4n) is 3.56. The summed E-state index contributed by atoms with van der Waals surface area (Å²) < 4.78 is 25.0. The third kappa shape index (κ3) is 4.06. The van der Waals surface area contributed by atoms with Crippen LogP contribution in [-0.4, -0.2) is 30.7 Å². The van der Waals surface area contributed by atoms with Crippen LogP contribution < -0.4 is 5.32 Å². The molecule has 2 aromatic carbocycles. The van der Waals surface area contributed by atoms with E-state index in [-0.39, 0.29) is 24.3 Å². The highest BCUT2D eigenvalue weighted by Gasteiger charge is 2.52. The second-order valence-corrected chi connectivity index (χ2v) is 10.1. The quantitative estimate of drug-likeness (QED) is 0.710. The van der Waals surface area contributed by atoms with E-state index in [1.165, 1.54) is 24.3 Å². The lowest BCUT2D eigenvalue weighted by Gasteiger charge is -2.28. The van der Waals surface area contributed by atoms with Crippen LogP contribution in [0.4, 0.5) is 0 Å². The van der Waals surface area contributed by atoms with Gasteiger partial charge in [0, 0.05) is 16.6 Å². The SMILES string of the molecule is O=C(NCC(O)c1ccc(Cl)cc1)C1(S(=O)(=O)c2ccc(Cl)cc2)CCCC1. The summed E-state index contributed by atoms with van der Waals surface area (Å²) >= 11 is 11.7. The Kier molecular flexibility index (Phi) is 6.34. The van der Waals surface area contributed by atoms with Crippen molar-refractivity contribution in [3.63, 3.8) is 0 Å². The zero-order valence-corrected chi connectivity index (χ0v) is 17.4. The van der Waals surface area contributed by atoms with Crippen LogP contribution in [0.3, 0.4) is 0 Å². The van der Waals surface area contributed by atoms with Gasteiger partial charge in [-0.3, -0.25) is 4.79 Å². The molecule has 1 unspecified atom stereocenters. The first-order valence-corrected chi connectivity index (χ1v) is 11.2. The Bertz CT molecular complexity index is 937. The van der Waals surface area contributed by atoms with E-state index >= 15 is 0 Å². The second-order valence-electron chi connectivity index (χ2n) is 6.94. The number of halogens is 2. The number of carbonyl (C=O) groups excluding carboxylic acids is 1. The third-order valence-electron chi connectivity index (χ3n) is 5.17. The van der Waals surface area contributed by atoms with Gasteiger partial charge in [-0.25, -0.2) is 8.42 Å². The van der Waals surface area contributed by atoms with Crippen molar-refractivity contribution < 1.29 is 18.3 Å². The van der Waals surface area contributed by atoms with E-state index in [4.69, 9.17) is 23.2 Å². The molecule has 1 atom stereocenters. The summed E-state index contributed by atoms with van der Waals surface area (Å²) in [6.45, 7) is -0.0850. The van der Waals surface area contributed by atoms with Gasteiger partial charge in [0.25, 0.3) is 0 Å². The smallest absolute Gasteiger partial charge is 0.241 e. The number of aliphatic hydroxyl groups excluding tert-OH is 1. The predicted molar refractivity (Wildman–Crippen MR) is 109 cm³/mol. The molecule has 8 heteroatoms. The molecular formula is C20H21Cl2NO4S. The molecule has 1 aliphatic carbocycles. The molecule has 150 valence electrons. The number of hydrogen-bond donors (Lipinski definition) is 2. The summed E-state index contributed by atoms with van der Waals surface area (Å²) in [7, 11) is -3.90. The first-order chi connectivity index (χ1) is 13.3. The molecule has 1 amide bonds. The van der Waals surface area contributed by atoms with Gasteiger partial charge in [0.2, 0.25) is 5.91 Å². The molecular weight excluding hydrogens is 421 g/mol. The third-order valence-corrected chi connectivity index (χ3v) is 8.19. The molecule has 1 aliphatic rings. The minimum absolute atomic E-state index is 0.0761. The molecule has 0 spiro atoms. The lowest BCUT2D eigenvalue weighted by atomic mass is 10.1. The fraction of sp³-hybridized carbons (Fsp3) is 0.350. The highest BCUT2D eigenvalue weighted by molar-refractivity contribution is 7.93. The van der Waals surface area contributed by atoms with E-state index in [2.05, 4.69) is 5.32 Å². The summed E-state index contributed by atoms with van der Waals surface area (Å²) in [4.78, 5) is 13.1. The normalized spacial score (nSPS) is 17.2. The lowest BCUT2D eigenvalue weighted by molar-refractivity contribution is -0.124. The molecule has 5 nitrogen and oxygen atoms in total. The molecule has 0 heterocycles. The first kappa shape index (κ1) is 21.1. The van der Waals surface area contributed by atoms with Crippen LogP contribution in [0.5, 0.6) is 0 Å². The highest BCUT2D eigenvalue weighted by atomic mass is 35.5. The van der Waals surface area contributed by atoms with Crippen LogP contribution in [-0.2, 0) is 14.6 Å². The van der Waals surface area contributed by atoms with Gasteiger partial charge in [0.1, 0.15) is 0 Å². The molecule has 1 saturated carbocycles. The summed E-state index contributed by atoms with van der Waals surface area (Å²) in [5, 5.41) is 13.9. The Morgan fingerprint density at radius 3 is 2.04 bits per heavy atom. The Hall–Kier alpha value is -1.60.